The van der Waals surface area contributed by atoms with Crippen LogP contribution in [0.15, 0.2) is 0 Å². The number of amides is 1. The van der Waals surface area contributed by atoms with Gasteiger partial charge in [-0.1, -0.05) is 11.6 Å². The molecular weight excluding hydrogens is 334 g/mol. The number of alkyl carbamates (subject to hydrolysis) is 1. The van der Waals surface area contributed by atoms with Crippen LogP contribution in [0.4, 0.5) is 16.3 Å². The van der Waals surface area contributed by atoms with Crippen LogP contribution in [0.3, 0.4) is 0 Å². The Kier molecular flexibility index (Phi) is 6.77. The fraction of sp³-hybridized carbons (Fsp3) is 0.600. The van der Waals surface area contributed by atoms with Gasteiger partial charge in [-0.15, -0.1) is 0 Å². The largest absolute Gasteiger partial charge is 0.444 e. The fourth-order valence-electron chi connectivity index (χ4n) is 1.85. The van der Waals surface area contributed by atoms with Crippen molar-refractivity contribution in [3.05, 3.63) is 11.0 Å². The summed E-state index contributed by atoms with van der Waals surface area (Å²) in [6.07, 6.45) is -0.0341. The van der Waals surface area contributed by atoms with Gasteiger partial charge in [0.1, 0.15) is 29.4 Å². The van der Waals surface area contributed by atoms with Crippen molar-refractivity contribution >= 4 is 35.5 Å². The first kappa shape index (κ1) is 20.0. The Morgan fingerprint density at radius 3 is 2.50 bits per heavy atom. The van der Waals surface area contributed by atoms with Crippen LogP contribution in [-0.4, -0.2) is 54.6 Å². The molecule has 0 saturated carbocycles. The molecule has 0 radical (unpaired) electrons. The van der Waals surface area contributed by atoms with Gasteiger partial charge in [-0.3, -0.25) is 0 Å². The molecule has 0 unspecified atom stereocenters. The van der Waals surface area contributed by atoms with E-state index in [9.17, 15) is 9.59 Å². The summed E-state index contributed by atoms with van der Waals surface area (Å²) in [6.45, 7) is 7.09. The Balaban J connectivity index is 2.80. The number of aryl methyl sites for hydroxylation is 1. The molecular formula is C15H24ClN5O3. The van der Waals surface area contributed by atoms with Crippen LogP contribution < -0.4 is 15.5 Å². The highest BCUT2D eigenvalue weighted by Gasteiger charge is 2.20. The van der Waals surface area contributed by atoms with E-state index in [1.54, 1.807) is 46.7 Å². The molecule has 1 amide bonds. The zero-order valence-corrected chi connectivity index (χ0v) is 15.6. The van der Waals surface area contributed by atoms with Gasteiger partial charge in [0.25, 0.3) is 0 Å². The van der Waals surface area contributed by atoms with E-state index in [1.165, 1.54) is 0 Å². The van der Waals surface area contributed by atoms with E-state index in [2.05, 4.69) is 20.6 Å². The normalized spacial score (nSPS) is 12.3. The number of carbonyl (C=O) groups is 2. The Morgan fingerprint density at radius 2 is 2.00 bits per heavy atom. The number of nitrogens with zero attached hydrogens (tertiary/aromatic N) is 3. The van der Waals surface area contributed by atoms with E-state index < -0.39 is 17.7 Å². The molecule has 1 aromatic heterocycles. The van der Waals surface area contributed by atoms with Crippen molar-refractivity contribution in [2.24, 2.45) is 0 Å². The zero-order chi connectivity index (χ0) is 18.5. The third-order valence-electron chi connectivity index (χ3n) is 2.76. The molecule has 0 fully saturated rings. The van der Waals surface area contributed by atoms with Crippen LogP contribution in [0.5, 0.6) is 0 Å². The third-order valence-corrected chi connectivity index (χ3v) is 3.02. The summed E-state index contributed by atoms with van der Waals surface area (Å²) in [4.78, 5) is 33.1. The van der Waals surface area contributed by atoms with E-state index >= 15 is 0 Å². The van der Waals surface area contributed by atoms with Gasteiger partial charge >= 0.3 is 6.09 Å². The van der Waals surface area contributed by atoms with Gasteiger partial charge in [0.2, 0.25) is 0 Å². The molecule has 0 aliphatic heterocycles. The molecule has 1 heterocycles. The highest BCUT2D eigenvalue weighted by Crippen LogP contribution is 2.29. The van der Waals surface area contributed by atoms with Crippen LogP contribution in [0.2, 0.25) is 5.15 Å². The van der Waals surface area contributed by atoms with Gasteiger partial charge in [0.05, 0.1) is 0 Å². The van der Waals surface area contributed by atoms with Gasteiger partial charge < -0.3 is 25.1 Å². The second kappa shape index (κ2) is 8.14. The van der Waals surface area contributed by atoms with Crippen molar-refractivity contribution in [1.82, 2.24) is 15.3 Å². The third kappa shape index (κ3) is 6.19. The van der Waals surface area contributed by atoms with E-state index in [-0.39, 0.29) is 6.54 Å². The minimum atomic E-state index is -0.774. The average molecular weight is 358 g/mol. The van der Waals surface area contributed by atoms with Crippen LogP contribution in [-0.2, 0) is 9.53 Å². The predicted octanol–water partition coefficient (Wildman–Crippen LogP) is 2.01. The highest BCUT2D eigenvalue weighted by atomic mass is 35.5. The maximum atomic E-state index is 11.7. The lowest BCUT2D eigenvalue weighted by molar-refractivity contribution is -0.109. The maximum Gasteiger partial charge on any atom is 0.408 e. The van der Waals surface area contributed by atoms with Crippen LogP contribution in [0.1, 0.15) is 26.6 Å². The number of hydrogen-bond acceptors (Lipinski definition) is 7. The van der Waals surface area contributed by atoms with E-state index in [0.29, 0.717) is 28.8 Å². The van der Waals surface area contributed by atoms with Crippen molar-refractivity contribution in [3.8, 4) is 0 Å². The van der Waals surface area contributed by atoms with Crippen molar-refractivity contribution in [1.29, 1.82) is 0 Å². The molecule has 1 atom stereocenters. The summed E-state index contributed by atoms with van der Waals surface area (Å²) in [6, 6.07) is -0.774. The molecule has 0 spiro atoms. The van der Waals surface area contributed by atoms with E-state index in [0.717, 1.165) is 0 Å². The second-order valence-corrected chi connectivity index (χ2v) is 6.78. The SMILES string of the molecule is Cc1nc(Cl)c(N(C)C)c(NC[C@@H](C=O)NC(=O)OC(C)(C)C)n1. The molecule has 134 valence electrons. The molecule has 2 N–H and O–H groups in total. The monoisotopic (exact) mass is 357 g/mol. The zero-order valence-electron chi connectivity index (χ0n) is 14.8. The smallest absolute Gasteiger partial charge is 0.408 e. The number of anilines is 2. The molecule has 0 saturated heterocycles. The summed E-state index contributed by atoms with van der Waals surface area (Å²) < 4.78 is 5.13. The number of carbonyl (C=O) groups excluding carboxylic acids is 2. The maximum absolute atomic E-state index is 11.7. The summed E-state index contributed by atoms with van der Waals surface area (Å²) in [7, 11) is 3.61. The minimum Gasteiger partial charge on any atom is -0.444 e. The lowest BCUT2D eigenvalue weighted by Gasteiger charge is -2.23. The quantitative estimate of drug-likeness (QED) is 0.593. The number of hydrogen-bond donors (Lipinski definition) is 2. The first-order valence-electron chi connectivity index (χ1n) is 7.43. The lowest BCUT2D eigenvalue weighted by Crippen LogP contribution is -2.43. The van der Waals surface area contributed by atoms with Crippen molar-refractivity contribution in [2.75, 3.05) is 30.9 Å². The average Bonchev–Trinajstić information content (AvgIpc) is 2.39. The summed E-state index contributed by atoms with van der Waals surface area (Å²) in [5.74, 6) is 0.978. The standard InChI is InChI=1S/C15H24ClN5O3/c1-9-18-12(16)11(21(5)6)13(19-9)17-7-10(8-22)20-14(23)24-15(2,3)4/h8,10H,7H2,1-6H3,(H,20,23)(H,17,18,19)/t10-/m0/s1. The summed E-state index contributed by atoms with van der Waals surface area (Å²) in [5.41, 5.74) is -0.0375. The Labute approximate surface area is 146 Å². The number of aldehydes is 1. The van der Waals surface area contributed by atoms with Crippen molar-refractivity contribution in [2.45, 2.75) is 39.3 Å². The molecule has 9 heteroatoms. The molecule has 1 rings (SSSR count). The topological polar surface area (TPSA) is 96.5 Å². The molecule has 0 aliphatic rings. The van der Waals surface area contributed by atoms with Crippen molar-refractivity contribution < 1.29 is 14.3 Å². The van der Waals surface area contributed by atoms with E-state index in [1.807, 2.05) is 0 Å². The van der Waals surface area contributed by atoms with Crippen LogP contribution >= 0.6 is 11.6 Å². The lowest BCUT2D eigenvalue weighted by atomic mass is 10.2. The van der Waals surface area contributed by atoms with Gasteiger partial charge in [0.15, 0.2) is 11.0 Å². The predicted molar refractivity (Wildman–Crippen MR) is 93.8 cm³/mol. The first-order valence-corrected chi connectivity index (χ1v) is 7.81. The Bertz CT molecular complexity index is 602. The molecule has 0 bridgehead atoms. The Morgan fingerprint density at radius 1 is 1.38 bits per heavy atom. The number of nitrogens with one attached hydrogen (secondary N) is 2. The second-order valence-electron chi connectivity index (χ2n) is 6.42. The van der Waals surface area contributed by atoms with Crippen molar-refractivity contribution in [3.63, 3.8) is 0 Å². The van der Waals surface area contributed by atoms with Gasteiger partial charge in [-0.25, -0.2) is 14.8 Å². The van der Waals surface area contributed by atoms with Gasteiger partial charge in [-0.2, -0.15) is 0 Å². The van der Waals surface area contributed by atoms with Gasteiger partial charge in [0, 0.05) is 20.6 Å². The fourth-order valence-corrected chi connectivity index (χ4v) is 2.23. The molecule has 1 aromatic rings. The molecule has 24 heavy (non-hydrogen) atoms. The van der Waals surface area contributed by atoms with Gasteiger partial charge in [-0.05, 0) is 27.7 Å². The Hall–Kier alpha value is -2.09. The number of ether oxygens (including phenoxy) is 1. The number of rotatable bonds is 6. The van der Waals surface area contributed by atoms with E-state index in [4.69, 9.17) is 16.3 Å². The molecule has 0 aromatic carbocycles. The molecule has 0 aliphatic carbocycles. The van der Waals surface area contributed by atoms with Crippen LogP contribution in [0.25, 0.3) is 0 Å². The number of aromatic nitrogens is 2. The first-order chi connectivity index (χ1) is 11.0. The summed E-state index contributed by atoms with van der Waals surface area (Å²) in [5, 5.41) is 5.81. The minimum absolute atomic E-state index is 0.135. The molecule has 8 nitrogen and oxygen atoms in total. The summed E-state index contributed by atoms with van der Waals surface area (Å²) >= 11 is 6.14. The highest BCUT2D eigenvalue weighted by molar-refractivity contribution is 6.32. The van der Waals surface area contributed by atoms with Crippen LogP contribution in [0, 0.1) is 6.92 Å². The number of halogens is 1.